The van der Waals surface area contributed by atoms with Gasteiger partial charge >= 0.3 is 0 Å². The van der Waals surface area contributed by atoms with Crippen LogP contribution in [0.5, 0.6) is 0 Å². The number of aryl methyl sites for hydroxylation is 1. The molecule has 6 heteroatoms. The van der Waals surface area contributed by atoms with Gasteiger partial charge in [-0.15, -0.1) is 0 Å². The van der Waals surface area contributed by atoms with E-state index < -0.39 is 0 Å². The first-order valence-electron chi connectivity index (χ1n) is 12.2. The average Bonchev–Trinajstić information content (AvgIpc) is 3.46. The minimum absolute atomic E-state index is 0.0927. The van der Waals surface area contributed by atoms with Crippen molar-refractivity contribution in [3.8, 4) is 0 Å². The van der Waals surface area contributed by atoms with E-state index >= 15 is 0 Å². The lowest BCUT2D eigenvalue weighted by Gasteiger charge is -2.46. The molecule has 3 aliphatic rings. The van der Waals surface area contributed by atoms with Gasteiger partial charge in [0.15, 0.2) is 0 Å². The summed E-state index contributed by atoms with van der Waals surface area (Å²) in [4.78, 5) is 30.4. The van der Waals surface area contributed by atoms with Crippen LogP contribution < -0.4 is 10.2 Å². The monoisotopic (exact) mass is 442 g/mol. The van der Waals surface area contributed by atoms with Crippen LogP contribution in [0, 0.1) is 0 Å². The summed E-state index contributed by atoms with van der Waals surface area (Å²) in [5.74, 6) is 0.217. The van der Waals surface area contributed by atoms with Crippen LogP contribution in [0.4, 0.5) is 5.69 Å². The molecule has 1 fully saturated rings. The predicted octanol–water partition coefficient (Wildman–Crippen LogP) is 4.24. The maximum atomic E-state index is 13.4. The number of fused-ring (bicyclic) bond motifs is 6. The molecule has 6 rings (SSSR count). The number of para-hydroxylation sites is 2. The Bertz CT molecular complexity index is 1240. The van der Waals surface area contributed by atoms with Gasteiger partial charge < -0.3 is 19.7 Å². The molecule has 170 valence electrons. The lowest BCUT2D eigenvalue weighted by atomic mass is 9.96. The summed E-state index contributed by atoms with van der Waals surface area (Å²) >= 11 is 0. The van der Waals surface area contributed by atoms with Crippen molar-refractivity contribution in [1.29, 1.82) is 0 Å². The van der Waals surface area contributed by atoms with Gasteiger partial charge in [0.25, 0.3) is 5.91 Å². The second kappa shape index (κ2) is 7.94. The number of carbonyl (C=O) groups excluding carboxylic acids is 2. The largest absolute Gasteiger partial charge is 0.353 e. The molecule has 1 aliphatic carbocycles. The highest BCUT2D eigenvalue weighted by Crippen LogP contribution is 2.44. The van der Waals surface area contributed by atoms with Crippen LogP contribution in [0.25, 0.3) is 10.9 Å². The minimum Gasteiger partial charge on any atom is -0.353 e. The summed E-state index contributed by atoms with van der Waals surface area (Å²) in [5.41, 5.74) is 5.34. The topological polar surface area (TPSA) is 57.6 Å². The van der Waals surface area contributed by atoms with Crippen LogP contribution in [0.15, 0.2) is 48.5 Å². The van der Waals surface area contributed by atoms with E-state index in [1.807, 2.05) is 29.2 Å². The van der Waals surface area contributed by atoms with Gasteiger partial charge in [0, 0.05) is 43.5 Å². The summed E-state index contributed by atoms with van der Waals surface area (Å²) in [7, 11) is 2.08. The van der Waals surface area contributed by atoms with Crippen molar-refractivity contribution < 1.29 is 9.59 Å². The van der Waals surface area contributed by atoms with E-state index in [9.17, 15) is 9.59 Å². The predicted molar refractivity (Wildman–Crippen MR) is 129 cm³/mol. The normalized spacial score (nSPS) is 20.0. The molecule has 1 aromatic heterocycles. The second-order valence-corrected chi connectivity index (χ2v) is 9.58. The van der Waals surface area contributed by atoms with Crippen LogP contribution in [0.1, 0.15) is 59.9 Å². The highest BCUT2D eigenvalue weighted by Gasteiger charge is 2.42. The number of carbonyl (C=O) groups is 2. The average molecular weight is 443 g/mol. The van der Waals surface area contributed by atoms with Gasteiger partial charge in [0.05, 0.1) is 16.9 Å². The van der Waals surface area contributed by atoms with Crippen molar-refractivity contribution in [2.45, 2.75) is 57.3 Å². The van der Waals surface area contributed by atoms with Crippen molar-refractivity contribution in [3.05, 3.63) is 65.4 Å². The standard InChI is InChI=1S/C27H30N4O2/c1-29-22-12-6-5-11-21(22)27(33)31-16-14-20-19-10-4-7-13-23(19)30(25(20)26(29)31)17-15-24(32)28-18-8-2-3-9-18/h4-7,10-13,18,26H,2-3,8-9,14-17H2,1H3,(H,28,32). The molecule has 1 saturated carbocycles. The van der Waals surface area contributed by atoms with E-state index in [1.54, 1.807) is 0 Å². The molecule has 0 spiro atoms. The zero-order valence-corrected chi connectivity index (χ0v) is 19.1. The van der Waals surface area contributed by atoms with Gasteiger partial charge in [0.2, 0.25) is 5.91 Å². The van der Waals surface area contributed by atoms with Gasteiger partial charge in [-0.25, -0.2) is 0 Å². The maximum Gasteiger partial charge on any atom is 0.257 e. The van der Waals surface area contributed by atoms with Crippen LogP contribution in [0.3, 0.4) is 0 Å². The van der Waals surface area contributed by atoms with Crippen molar-refractivity contribution in [2.75, 3.05) is 18.5 Å². The SMILES string of the molecule is CN1c2ccccc2C(=O)N2CCc3c(n(CCC(=O)NC4CCCC4)c4ccccc34)C21. The number of hydrogen-bond donors (Lipinski definition) is 1. The number of anilines is 1. The molecule has 0 saturated heterocycles. The first-order chi connectivity index (χ1) is 16.1. The Morgan fingerprint density at radius 1 is 1.06 bits per heavy atom. The molecule has 0 bridgehead atoms. The van der Waals surface area contributed by atoms with Crippen molar-refractivity contribution in [1.82, 2.24) is 14.8 Å². The van der Waals surface area contributed by atoms with Crippen molar-refractivity contribution in [2.24, 2.45) is 0 Å². The van der Waals surface area contributed by atoms with Crippen LogP contribution in [0.2, 0.25) is 0 Å². The third-order valence-electron chi connectivity index (χ3n) is 7.69. The quantitative estimate of drug-likeness (QED) is 0.658. The third kappa shape index (κ3) is 3.23. The Kier molecular flexibility index (Phi) is 4.89. The van der Waals surface area contributed by atoms with E-state index in [2.05, 4.69) is 46.1 Å². The number of rotatable bonds is 4. The maximum absolute atomic E-state index is 13.4. The molecule has 2 aromatic carbocycles. The minimum atomic E-state index is -0.165. The fraction of sp³-hybridized carbons (Fsp3) is 0.407. The first kappa shape index (κ1) is 20.3. The second-order valence-electron chi connectivity index (χ2n) is 9.58. The Hall–Kier alpha value is -3.28. The molecule has 3 aromatic rings. The lowest BCUT2D eigenvalue weighted by molar-refractivity contribution is -0.122. The summed E-state index contributed by atoms with van der Waals surface area (Å²) in [6, 6.07) is 16.7. The van der Waals surface area contributed by atoms with Gasteiger partial charge in [0.1, 0.15) is 6.17 Å². The van der Waals surface area contributed by atoms with Gasteiger partial charge in [-0.1, -0.05) is 43.2 Å². The number of nitrogens with one attached hydrogen (secondary N) is 1. The number of amides is 2. The molecule has 33 heavy (non-hydrogen) atoms. The Morgan fingerprint density at radius 3 is 2.67 bits per heavy atom. The molecule has 2 amide bonds. The smallest absolute Gasteiger partial charge is 0.257 e. The Labute approximate surface area is 194 Å². The molecule has 3 heterocycles. The highest BCUT2D eigenvalue weighted by atomic mass is 16.2. The van der Waals surface area contributed by atoms with Crippen molar-refractivity contribution >= 4 is 28.4 Å². The van der Waals surface area contributed by atoms with E-state index in [1.165, 1.54) is 23.8 Å². The van der Waals surface area contributed by atoms with Crippen molar-refractivity contribution in [3.63, 3.8) is 0 Å². The molecule has 1 unspecified atom stereocenters. The van der Waals surface area contributed by atoms with Crippen LogP contribution in [-0.2, 0) is 17.8 Å². The zero-order valence-electron chi connectivity index (χ0n) is 19.1. The lowest BCUT2D eigenvalue weighted by Crippen LogP contribution is -2.51. The molecule has 1 atom stereocenters. The Morgan fingerprint density at radius 2 is 1.82 bits per heavy atom. The van der Waals surface area contributed by atoms with Gasteiger partial charge in [-0.3, -0.25) is 9.59 Å². The summed E-state index contributed by atoms with van der Waals surface area (Å²) in [6.45, 7) is 1.31. The van der Waals surface area contributed by atoms with Crippen LogP contribution in [-0.4, -0.2) is 40.9 Å². The summed E-state index contributed by atoms with van der Waals surface area (Å²) in [6.07, 6.45) is 5.72. The fourth-order valence-electron chi connectivity index (χ4n) is 6.13. The Balaban J connectivity index is 1.40. The van der Waals surface area contributed by atoms with Gasteiger partial charge in [-0.05, 0) is 43.0 Å². The fourth-order valence-corrected chi connectivity index (χ4v) is 6.13. The molecule has 6 nitrogen and oxygen atoms in total. The molecular weight excluding hydrogens is 412 g/mol. The number of nitrogens with zero attached hydrogens (tertiary/aromatic N) is 3. The van der Waals surface area contributed by atoms with Gasteiger partial charge in [-0.2, -0.15) is 0 Å². The first-order valence-corrected chi connectivity index (χ1v) is 12.2. The molecule has 0 radical (unpaired) electrons. The molecule has 2 aliphatic heterocycles. The highest BCUT2D eigenvalue weighted by molar-refractivity contribution is 6.02. The number of hydrogen-bond acceptors (Lipinski definition) is 3. The third-order valence-corrected chi connectivity index (χ3v) is 7.69. The summed E-state index contributed by atoms with van der Waals surface area (Å²) < 4.78 is 2.30. The zero-order chi connectivity index (χ0) is 22.5. The number of benzene rings is 2. The molecular formula is C27H30N4O2. The van der Waals surface area contributed by atoms with E-state index in [-0.39, 0.29) is 18.0 Å². The number of aromatic nitrogens is 1. The van der Waals surface area contributed by atoms with E-state index in [0.717, 1.165) is 41.7 Å². The van der Waals surface area contributed by atoms with Crippen LogP contribution >= 0.6 is 0 Å². The molecule has 1 N–H and O–H groups in total. The van der Waals surface area contributed by atoms with E-state index in [4.69, 9.17) is 0 Å². The summed E-state index contributed by atoms with van der Waals surface area (Å²) in [5, 5.41) is 4.47. The van der Waals surface area contributed by atoms with E-state index in [0.29, 0.717) is 25.6 Å².